The van der Waals surface area contributed by atoms with Crippen LogP contribution in [0.4, 0.5) is 14.5 Å². The topological polar surface area (TPSA) is 84.0 Å². The van der Waals surface area contributed by atoms with Gasteiger partial charge in [-0.2, -0.15) is 0 Å². The Morgan fingerprint density at radius 3 is 2.42 bits per heavy atom. The summed E-state index contributed by atoms with van der Waals surface area (Å²) in [5, 5.41) is 2.18. The first-order valence-electron chi connectivity index (χ1n) is 7.58. The summed E-state index contributed by atoms with van der Waals surface area (Å²) in [4.78, 5) is 38.7. The van der Waals surface area contributed by atoms with Crippen molar-refractivity contribution in [2.75, 3.05) is 5.32 Å². The van der Waals surface area contributed by atoms with Crippen LogP contribution in [0.25, 0.3) is 0 Å². The Bertz CT molecular complexity index is 1040. The van der Waals surface area contributed by atoms with E-state index in [2.05, 4.69) is 10.3 Å². The minimum atomic E-state index is -0.974. The number of halogens is 2. The second kappa shape index (κ2) is 7.14. The summed E-state index contributed by atoms with van der Waals surface area (Å²) in [7, 11) is 0. The molecule has 8 heteroatoms. The quantitative estimate of drug-likeness (QED) is 0.750. The minimum absolute atomic E-state index is 0.0451. The van der Waals surface area contributed by atoms with Crippen LogP contribution in [0.2, 0.25) is 0 Å². The second-order valence-corrected chi connectivity index (χ2v) is 5.48. The summed E-state index contributed by atoms with van der Waals surface area (Å²) < 4.78 is 27.4. The summed E-state index contributed by atoms with van der Waals surface area (Å²) >= 11 is 0. The van der Waals surface area contributed by atoms with Crippen molar-refractivity contribution >= 4 is 11.6 Å². The maximum Gasteiger partial charge on any atom is 0.329 e. The van der Waals surface area contributed by atoms with Crippen LogP contribution < -0.4 is 16.6 Å². The van der Waals surface area contributed by atoms with Crippen LogP contribution in [0.1, 0.15) is 16.1 Å². The van der Waals surface area contributed by atoms with Crippen molar-refractivity contribution in [3.8, 4) is 0 Å². The normalized spacial score (nSPS) is 10.5. The molecule has 0 unspecified atom stereocenters. The van der Waals surface area contributed by atoms with Gasteiger partial charge in [-0.25, -0.2) is 13.6 Å². The maximum absolute atomic E-state index is 13.6. The van der Waals surface area contributed by atoms with Gasteiger partial charge >= 0.3 is 5.69 Å². The van der Waals surface area contributed by atoms with Crippen LogP contribution in [0, 0.1) is 11.6 Å². The molecule has 1 amide bonds. The molecule has 132 valence electrons. The molecule has 6 nitrogen and oxygen atoms in total. The number of aromatic amines is 1. The van der Waals surface area contributed by atoms with E-state index in [0.29, 0.717) is 6.07 Å². The number of nitrogens with zero attached hydrogens (tertiary/aromatic N) is 1. The third kappa shape index (κ3) is 3.75. The van der Waals surface area contributed by atoms with E-state index in [1.807, 2.05) is 0 Å². The number of carbonyl (C=O) groups is 1. The molecule has 1 aromatic heterocycles. The summed E-state index contributed by atoms with van der Waals surface area (Å²) in [6.45, 7) is 0.0451. The molecule has 3 aromatic rings. The van der Waals surface area contributed by atoms with Gasteiger partial charge in [0.05, 0.1) is 12.2 Å². The van der Waals surface area contributed by atoms with Crippen LogP contribution in [-0.2, 0) is 6.54 Å². The molecule has 26 heavy (non-hydrogen) atoms. The van der Waals surface area contributed by atoms with Gasteiger partial charge in [0.25, 0.3) is 11.5 Å². The summed E-state index contributed by atoms with van der Waals surface area (Å²) in [5.41, 5.74) is -1.31. The fourth-order valence-corrected chi connectivity index (χ4v) is 2.34. The summed E-state index contributed by atoms with van der Waals surface area (Å²) in [6.07, 6.45) is 0. The molecule has 3 rings (SSSR count). The highest BCUT2D eigenvalue weighted by Gasteiger charge is 2.14. The van der Waals surface area contributed by atoms with Crippen molar-refractivity contribution in [1.29, 1.82) is 0 Å². The van der Waals surface area contributed by atoms with Crippen LogP contribution in [0.15, 0.2) is 64.2 Å². The van der Waals surface area contributed by atoms with Crippen LogP contribution in [0.5, 0.6) is 0 Å². The number of aromatic nitrogens is 2. The predicted octanol–water partition coefficient (Wildman–Crippen LogP) is 2.12. The number of hydrogen-bond acceptors (Lipinski definition) is 3. The molecule has 0 radical (unpaired) electrons. The first kappa shape index (κ1) is 17.3. The smallest absolute Gasteiger partial charge is 0.318 e. The number of carbonyl (C=O) groups excluding carboxylic acids is 1. The molecule has 2 aromatic carbocycles. The average molecular weight is 357 g/mol. The standard InChI is InChI=1S/C18H13F2N3O3/c19-12-6-7-14(13(20)8-12)21-17(25)15-9-16(24)23(18(26)22-15)10-11-4-2-1-3-5-11/h1-9H,10H2,(H,21,25)(H,22,26). The molecule has 0 saturated carbocycles. The Kier molecular flexibility index (Phi) is 4.74. The van der Waals surface area contributed by atoms with Gasteiger partial charge in [-0.1, -0.05) is 30.3 Å². The van der Waals surface area contributed by atoms with Crippen molar-refractivity contribution < 1.29 is 13.6 Å². The fourth-order valence-electron chi connectivity index (χ4n) is 2.34. The zero-order valence-corrected chi connectivity index (χ0v) is 13.3. The SMILES string of the molecule is O=C(Nc1ccc(F)cc1F)c1cc(=O)n(Cc2ccccc2)c(=O)[nH]1. The van der Waals surface area contributed by atoms with Gasteiger partial charge in [0.1, 0.15) is 17.3 Å². The highest BCUT2D eigenvalue weighted by atomic mass is 19.1. The van der Waals surface area contributed by atoms with Crippen LogP contribution >= 0.6 is 0 Å². The molecule has 0 atom stereocenters. The van der Waals surface area contributed by atoms with E-state index in [1.165, 1.54) is 0 Å². The molecule has 2 N–H and O–H groups in total. The first-order valence-corrected chi connectivity index (χ1v) is 7.58. The molecule has 0 aliphatic heterocycles. The van der Waals surface area contributed by atoms with Gasteiger partial charge in [-0.05, 0) is 17.7 Å². The van der Waals surface area contributed by atoms with Crippen LogP contribution in [0.3, 0.4) is 0 Å². The van der Waals surface area contributed by atoms with Gasteiger partial charge in [0.15, 0.2) is 0 Å². The lowest BCUT2D eigenvalue weighted by Crippen LogP contribution is -2.37. The lowest BCUT2D eigenvalue weighted by molar-refractivity contribution is 0.102. The minimum Gasteiger partial charge on any atom is -0.318 e. The van der Waals surface area contributed by atoms with E-state index in [0.717, 1.165) is 28.3 Å². The first-order chi connectivity index (χ1) is 12.4. The van der Waals surface area contributed by atoms with Gasteiger partial charge in [-0.15, -0.1) is 0 Å². The molecule has 0 aliphatic rings. The number of benzene rings is 2. The van der Waals surface area contributed by atoms with Crippen molar-refractivity contribution in [3.63, 3.8) is 0 Å². The number of amides is 1. The third-order valence-corrected chi connectivity index (χ3v) is 3.63. The van der Waals surface area contributed by atoms with Gasteiger partial charge in [0.2, 0.25) is 0 Å². The fraction of sp³-hybridized carbons (Fsp3) is 0.0556. The predicted molar refractivity (Wildman–Crippen MR) is 91.2 cm³/mol. The number of anilines is 1. The van der Waals surface area contributed by atoms with Gasteiger partial charge < -0.3 is 10.3 Å². The Hall–Kier alpha value is -3.55. The number of rotatable bonds is 4. The average Bonchev–Trinajstić information content (AvgIpc) is 2.61. The Morgan fingerprint density at radius 2 is 1.77 bits per heavy atom. The Labute approximate surface area is 145 Å². The molecule has 0 aliphatic carbocycles. The van der Waals surface area contributed by atoms with Gasteiger partial charge in [-0.3, -0.25) is 14.2 Å². The van der Waals surface area contributed by atoms with Crippen molar-refractivity contribution in [2.45, 2.75) is 6.54 Å². The molecular weight excluding hydrogens is 344 g/mol. The van der Waals surface area contributed by atoms with E-state index in [4.69, 9.17) is 0 Å². The summed E-state index contributed by atoms with van der Waals surface area (Å²) in [5.74, 6) is -2.66. The maximum atomic E-state index is 13.6. The Balaban J connectivity index is 1.86. The highest BCUT2D eigenvalue weighted by Crippen LogP contribution is 2.15. The molecule has 0 fully saturated rings. The highest BCUT2D eigenvalue weighted by molar-refractivity contribution is 6.02. The molecule has 0 bridgehead atoms. The van der Waals surface area contributed by atoms with E-state index >= 15 is 0 Å². The third-order valence-electron chi connectivity index (χ3n) is 3.63. The zero-order valence-electron chi connectivity index (χ0n) is 13.3. The Morgan fingerprint density at radius 1 is 1.04 bits per heavy atom. The van der Waals surface area contributed by atoms with Crippen LogP contribution in [-0.4, -0.2) is 15.5 Å². The largest absolute Gasteiger partial charge is 0.329 e. The monoisotopic (exact) mass is 357 g/mol. The number of nitrogens with one attached hydrogen (secondary N) is 2. The number of H-pyrrole nitrogens is 1. The molecule has 1 heterocycles. The van der Waals surface area contributed by atoms with E-state index in [-0.39, 0.29) is 17.9 Å². The second-order valence-electron chi connectivity index (χ2n) is 5.48. The van der Waals surface area contributed by atoms with E-state index < -0.39 is 28.8 Å². The molecular formula is C18H13F2N3O3. The number of hydrogen-bond donors (Lipinski definition) is 2. The molecule has 0 saturated heterocycles. The zero-order chi connectivity index (χ0) is 18.7. The molecule has 0 spiro atoms. The van der Waals surface area contributed by atoms with Gasteiger partial charge in [0, 0.05) is 12.1 Å². The van der Waals surface area contributed by atoms with E-state index in [1.54, 1.807) is 30.3 Å². The van der Waals surface area contributed by atoms with Crippen molar-refractivity contribution in [1.82, 2.24) is 9.55 Å². The summed E-state index contributed by atoms with van der Waals surface area (Å²) in [6, 6.07) is 12.4. The van der Waals surface area contributed by atoms with Crippen molar-refractivity contribution in [2.24, 2.45) is 0 Å². The lowest BCUT2D eigenvalue weighted by atomic mass is 10.2. The van der Waals surface area contributed by atoms with E-state index in [9.17, 15) is 23.2 Å². The van der Waals surface area contributed by atoms with Crippen molar-refractivity contribution in [3.05, 3.63) is 98.3 Å². The lowest BCUT2D eigenvalue weighted by Gasteiger charge is -2.08.